The highest BCUT2D eigenvalue weighted by Gasteiger charge is 2.14. The minimum atomic E-state index is -0.258. The quantitative estimate of drug-likeness (QED) is 0.745. The molecule has 1 heterocycles. The molecule has 2 nitrogen and oxygen atoms in total. The molecule has 1 unspecified atom stereocenters. The van der Waals surface area contributed by atoms with Crippen LogP contribution in [0.25, 0.3) is 11.0 Å². The lowest BCUT2D eigenvalue weighted by Gasteiger charge is -2.09. The number of fused-ring (bicyclic) bond motifs is 1. The van der Waals surface area contributed by atoms with Crippen molar-refractivity contribution in [3.05, 3.63) is 29.8 Å². The molecule has 2 aromatic rings. The van der Waals surface area contributed by atoms with Crippen molar-refractivity contribution in [2.75, 3.05) is 0 Å². The Hall–Kier alpha value is -1.09. The van der Waals surface area contributed by atoms with Gasteiger partial charge in [0.1, 0.15) is 11.6 Å². The molecular formula is C13H16ClFN2. The number of hydrogen-bond donors (Lipinski definition) is 0. The maximum Gasteiger partial charge on any atom is 0.127 e. The van der Waals surface area contributed by atoms with E-state index in [0.717, 1.165) is 30.7 Å². The van der Waals surface area contributed by atoms with Gasteiger partial charge >= 0.3 is 0 Å². The van der Waals surface area contributed by atoms with Crippen LogP contribution in [-0.4, -0.2) is 9.55 Å². The summed E-state index contributed by atoms with van der Waals surface area (Å²) in [6.45, 7) is 4.91. The van der Waals surface area contributed by atoms with E-state index >= 15 is 0 Å². The fourth-order valence-electron chi connectivity index (χ4n) is 1.98. The Morgan fingerprint density at radius 1 is 1.47 bits per heavy atom. The lowest BCUT2D eigenvalue weighted by atomic mass is 10.3. The Kier molecular flexibility index (Phi) is 3.67. The third kappa shape index (κ3) is 2.44. The maximum atomic E-state index is 13.1. The number of hydrogen-bond acceptors (Lipinski definition) is 1. The number of imidazole rings is 1. The van der Waals surface area contributed by atoms with Gasteiger partial charge in [0.15, 0.2) is 0 Å². The predicted molar refractivity (Wildman–Crippen MR) is 68.9 cm³/mol. The van der Waals surface area contributed by atoms with Gasteiger partial charge in [-0.15, -0.1) is 11.6 Å². The van der Waals surface area contributed by atoms with Crippen molar-refractivity contribution in [1.29, 1.82) is 0 Å². The lowest BCUT2D eigenvalue weighted by Crippen LogP contribution is -2.04. The van der Waals surface area contributed by atoms with Gasteiger partial charge in [0.2, 0.25) is 0 Å². The van der Waals surface area contributed by atoms with E-state index in [4.69, 9.17) is 11.6 Å². The Morgan fingerprint density at radius 3 is 2.88 bits per heavy atom. The van der Waals surface area contributed by atoms with Gasteiger partial charge in [-0.25, -0.2) is 9.37 Å². The average molecular weight is 255 g/mol. The minimum absolute atomic E-state index is 0.165. The second-order valence-electron chi connectivity index (χ2n) is 4.22. The van der Waals surface area contributed by atoms with Crippen LogP contribution < -0.4 is 0 Å². The van der Waals surface area contributed by atoms with Gasteiger partial charge in [0.25, 0.3) is 0 Å². The number of unbranched alkanes of at least 4 members (excludes halogenated alkanes) is 1. The van der Waals surface area contributed by atoms with Crippen LogP contribution in [0.1, 0.15) is 37.9 Å². The van der Waals surface area contributed by atoms with Crippen LogP contribution in [0.3, 0.4) is 0 Å². The second-order valence-corrected chi connectivity index (χ2v) is 4.88. The van der Waals surface area contributed by atoms with Gasteiger partial charge in [-0.3, -0.25) is 0 Å². The molecule has 0 bridgehead atoms. The first-order chi connectivity index (χ1) is 8.13. The van der Waals surface area contributed by atoms with Crippen LogP contribution in [0.4, 0.5) is 4.39 Å². The Balaban J connectivity index is 2.54. The molecule has 0 aliphatic rings. The largest absolute Gasteiger partial charge is 0.327 e. The molecular weight excluding hydrogens is 239 g/mol. The number of rotatable bonds is 4. The molecule has 0 aliphatic heterocycles. The summed E-state index contributed by atoms with van der Waals surface area (Å²) in [7, 11) is 0. The van der Waals surface area contributed by atoms with Crippen molar-refractivity contribution in [1.82, 2.24) is 9.55 Å². The lowest BCUT2D eigenvalue weighted by molar-refractivity contribution is 0.615. The van der Waals surface area contributed by atoms with Gasteiger partial charge in [0.05, 0.1) is 16.4 Å². The third-order valence-corrected chi connectivity index (χ3v) is 3.03. The van der Waals surface area contributed by atoms with Crippen molar-refractivity contribution >= 4 is 22.6 Å². The molecule has 92 valence electrons. The Bertz CT molecular complexity index is 519. The van der Waals surface area contributed by atoms with E-state index in [9.17, 15) is 4.39 Å². The smallest absolute Gasteiger partial charge is 0.127 e. The van der Waals surface area contributed by atoms with Crippen LogP contribution in [-0.2, 0) is 6.54 Å². The van der Waals surface area contributed by atoms with E-state index in [2.05, 4.69) is 16.5 Å². The van der Waals surface area contributed by atoms with E-state index in [1.807, 2.05) is 6.92 Å². The summed E-state index contributed by atoms with van der Waals surface area (Å²) in [5, 5.41) is -0.165. The van der Waals surface area contributed by atoms with Gasteiger partial charge < -0.3 is 4.57 Å². The van der Waals surface area contributed by atoms with Crippen LogP contribution in [0.5, 0.6) is 0 Å². The molecule has 17 heavy (non-hydrogen) atoms. The Morgan fingerprint density at radius 2 is 2.24 bits per heavy atom. The highest BCUT2D eigenvalue weighted by Crippen LogP contribution is 2.25. The summed E-state index contributed by atoms with van der Waals surface area (Å²) in [5.41, 5.74) is 1.64. The van der Waals surface area contributed by atoms with Crippen LogP contribution in [0.15, 0.2) is 18.2 Å². The molecule has 0 radical (unpaired) electrons. The first-order valence-corrected chi connectivity index (χ1v) is 6.37. The highest BCUT2D eigenvalue weighted by atomic mass is 35.5. The van der Waals surface area contributed by atoms with Crippen LogP contribution in [0.2, 0.25) is 0 Å². The minimum Gasteiger partial charge on any atom is -0.327 e. The molecule has 0 spiro atoms. The number of nitrogens with zero attached hydrogens (tertiary/aromatic N) is 2. The summed E-state index contributed by atoms with van der Waals surface area (Å²) in [5.74, 6) is 0.562. The molecule has 1 atom stereocenters. The first-order valence-electron chi connectivity index (χ1n) is 5.93. The number of alkyl halides is 1. The molecule has 1 aromatic carbocycles. The van der Waals surface area contributed by atoms with Crippen molar-refractivity contribution < 1.29 is 4.39 Å². The van der Waals surface area contributed by atoms with Crippen LogP contribution in [0, 0.1) is 5.82 Å². The molecule has 0 N–H and O–H groups in total. The van der Waals surface area contributed by atoms with E-state index in [0.29, 0.717) is 5.52 Å². The summed E-state index contributed by atoms with van der Waals surface area (Å²) in [6.07, 6.45) is 2.18. The fraction of sp³-hybridized carbons (Fsp3) is 0.462. The predicted octanol–water partition coefficient (Wildman–Crippen LogP) is 4.28. The average Bonchev–Trinajstić information content (AvgIpc) is 2.64. The van der Waals surface area contributed by atoms with Gasteiger partial charge in [-0.2, -0.15) is 0 Å². The summed E-state index contributed by atoms with van der Waals surface area (Å²) >= 11 is 6.12. The standard InChI is InChI=1S/C13H16ClFN2/c1-3-4-7-17-12-6-5-10(15)8-11(12)16-13(17)9(2)14/h5-6,8-9H,3-4,7H2,1-2H3. The van der Waals surface area contributed by atoms with Crippen molar-refractivity contribution in [3.63, 3.8) is 0 Å². The van der Waals surface area contributed by atoms with E-state index in [1.165, 1.54) is 12.1 Å². The second kappa shape index (κ2) is 5.05. The molecule has 0 amide bonds. The molecule has 0 saturated carbocycles. The topological polar surface area (TPSA) is 17.8 Å². The van der Waals surface area contributed by atoms with Crippen molar-refractivity contribution in [3.8, 4) is 0 Å². The molecule has 1 aromatic heterocycles. The fourth-order valence-corrected chi connectivity index (χ4v) is 2.14. The molecule has 4 heteroatoms. The SMILES string of the molecule is CCCCn1c(C(C)Cl)nc2cc(F)ccc21. The zero-order valence-corrected chi connectivity index (χ0v) is 10.8. The first kappa shape index (κ1) is 12.4. The van der Waals surface area contributed by atoms with Crippen LogP contribution >= 0.6 is 11.6 Å². The zero-order chi connectivity index (χ0) is 12.4. The van der Waals surface area contributed by atoms with Gasteiger partial charge in [-0.05, 0) is 25.5 Å². The summed E-state index contributed by atoms with van der Waals surface area (Å²) < 4.78 is 15.2. The number of aryl methyl sites for hydroxylation is 1. The summed E-state index contributed by atoms with van der Waals surface area (Å²) in [6, 6.07) is 4.70. The number of aromatic nitrogens is 2. The van der Waals surface area contributed by atoms with E-state index < -0.39 is 0 Å². The third-order valence-electron chi connectivity index (χ3n) is 2.83. The summed E-state index contributed by atoms with van der Waals surface area (Å²) in [4.78, 5) is 4.42. The number of benzene rings is 1. The van der Waals surface area contributed by atoms with E-state index in [1.54, 1.807) is 6.07 Å². The monoisotopic (exact) mass is 254 g/mol. The molecule has 0 aliphatic carbocycles. The molecule has 0 fully saturated rings. The molecule has 0 saturated heterocycles. The highest BCUT2D eigenvalue weighted by molar-refractivity contribution is 6.20. The Labute approximate surface area is 105 Å². The normalized spacial score (nSPS) is 13.2. The molecule has 2 rings (SSSR count). The van der Waals surface area contributed by atoms with Gasteiger partial charge in [-0.1, -0.05) is 13.3 Å². The maximum absolute atomic E-state index is 13.1. The van der Waals surface area contributed by atoms with Gasteiger partial charge in [0, 0.05) is 12.6 Å². The van der Waals surface area contributed by atoms with Crippen molar-refractivity contribution in [2.45, 2.75) is 38.6 Å². The van der Waals surface area contributed by atoms with Crippen molar-refractivity contribution in [2.24, 2.45) is 0 Å². The van der Waals surface area contributed by atoms with E-state index in [-0.39, 0.29) is 11.2 Å². The zero-order valence-electron chi connectivity index (χ0n) is 10.1. The number of halogens is 2.